The monoisotopic (exact) mass is 652 g/mol. The van der Waals surface area contributed by atoms with Crippen molar-refractivity contribution in [1.29, 1.82) is 0 Å². The minimum Gasteiger partial charge on any atom is -0.457 e. The molecule has 49 heavy (non-hydrogen) atoms. The Kier molecular flexibility index (Phi) is 9.67. The Hall–Kier alpha value is -6.41. The van der Waals surface area contributed by atoms with Crippen LogP contribution < -0.4 is 24.8 Å². The van der Waals surface area contributed by atoms with Gasteiger partial charge in [0.2, 0.25) is 0 Å². The van der Waals surface area contributed by atoms with E-state index in [4.69, 9.17) is 14.2 Å². The van der Waals surface area contributed by atoms with Crippen molar-refractivity contribution in [3.05, 3.63) is 168 Å². The van der Waals surface area contributed by atoms with Crippen LogP contribution in [0.25, 0.3) is 0 Å². The number of ether oxygens (including phenoxy) is 3. The average Bonchev–Trinajstić information content (AvgIpc) is 3.11. The van der Waals surface area contributed by atoms with Gasteiger partial charge < -0.3 is 19.5 Å². The van der Waals surface area contributed by atoms with Crippen molar-refractivity contribution >= 4 is 23.4 Å². The molecule has 2 amide bonds. The normalized spacial score (nSPS) is 10.9. The SMILES string of the molecule is CC(C)(c1ccc(Oc2ccc(NC(=O)F)cc2)cc1)c1ccc(Oc2ccc(NC(=O)c3ccc(Oc4ccccc4)cc3)cc2)cc1. The molecule has 0 unspecified atom stereocenters. The molecule has 7 nitrogen and oxygen atoms in total. The molecule has 0 aliphatic carbocycles. The van der Waals surface area contributed by atoms with Gasteiger partial charge in [-0.05, 0) is 120 Å². The van der Waals surface area contributed by atoms with Crippen LogP contribution in [-0.2, 0) is 5.41 Å². The minimum absolute atomic E-state index is 0.224. The molecule has 0 radical (unpaired) electrons. The largest absolute Gasteiger partial charge is 0.457 e. The maximum atomic E-state index is 12.8. The summed E-state index contributed by atoms with van der Waals surface area (Å²) in [6, 6.07) is 45.9. The molecule has 0 atom stereocenters. The molecule has 0 fully saturated rings. The minimum atomic E-state index is -1.61. The van der Waals surface area contributed by atoms with Crippen LogP contribution in [0.15, 0.2) is 152 Å². The predicted octanol–water partition coefficient (Wildman–Crippen LogP) is 11.1. The summed E-state index contributed by atoms with van der Waals surface area (Å²) in [6.45, 7) is 4.30. The van der Waals surface area contributed by atoms with Crippen molar-refractivity contribution < 1.29 is 28.2 Å². The molecule has 8 heteroatoms. The number of rotatable bonds is 11. The first-order valence-electron chi connectivity index (χ1n) is 15.6. The Labute approximate surface area is 283 Å². The number of halogens is 1. The first-order chi connectivity index (χ1) is 23.7. The molecule has 0 spiro atoms. The summed E-state index contributed by atoms with van der Waals surface area (Å²) in [4.78, 5) is 23.4. The third kappa shape index (κ3) is 8.50. The van der Waals surface area contributed by atoms with Crippen molar-refractivity contribution in [2.45, 2.75) is 19.3 Å². The van der Waals surface area contributed by atoms with Gasteiger partial charge in [-0.15, -0.1) is 4.39 Å². The van der Waals surface area contributed by atoms with E-state index in [1.54, 1.807) is 60.7 Å². The summed E-state index contributed by atoms with van der Waals surface area (Å²) in [6.07, 6.45) is -1.61. The highest BCUT2D eigenvalue weighted by molar-refractivity contribution is 6.04. The lowest BCUT2D eigenvalue weighted by Crippen LogP contribution is -2.18. The molecule has 0 heterocycles. The van der Waals surface area contributed by atoms with E-state index in [9.17, 15) is 14.0 Å². The van der Waals surface area contributed by atoms with Gasteiger partial charge in [0, 0.05) is 22.4 Å². The van der Waals surface area contributed by atoms with Gasteiger partial charge in [-0.2, -0.15) is 0 Å². The molecule has 0 saturated carbocycles. The maximum absolute atomic E-state index is 12.8. The third-order valence-corrected chi connectivity index (χ3v) is 7.93. The lowest BCUT2D eigenvalue weighted by molar-refractivity contribution is 0.102. The van der Waals surface area contributed by atoms with Gasteiger partial charge in [0.15, 0.2) is 0 Å². The van der Waals surface area contributed by atoms with E-state index in [2.05, 4.69) is 24.5 Å². The number of carbonyl (C=O) groups is 2. The number of carbonyl (C=O) groups excluding carboxylic acids is 2. The van der Waals surface area contributed by atoms with Crippen LogP contribution in [0.5, 0.6) is 34.5 Å². The van der Waals surface area contributed by atoms with Crippen LogP contribution in [0.4, 0.5) is 20.6 Å². The summed E-state index contributed by atoms with van der Waals surface area (Å²) in [5.41, 5.74) is 3.43. The first-order valence-corrected chi connectivity index (χ1v) is 15.6. The summed E-state index contributed by atoms with van der Waals surface area (Å²) < 4.78 is 30.3. The maximum Gasteiger partial charge on any atom is 0.401 e. The van der Waals surface area contributed by atoms with Gasteiger partial charge in [-0.3, -0.25) is 10.1 Å². The Balaban J connectivity index is 1.02. The molecule has 6 aromatic carbocycles. The van der Waals surface area contributed by atoms with E-state index in [0.717, 1.165) is 16.9 Å². The quantitative estimate of drug-likeness (QED) is 0.107. The van der Waals surface area contributed by atoms with Gasteiger partial charge in [0.1, 0.15) is 34.5 Å². The number of amides is 2. The highest BCUT2D eigenvalue weighted by Gasteiger charge is 2.23. The lowest BCUT2D eigenvalue weighted by Gasteiger charge is -2.26. The Bertz CT molecular complexity index is 2010. The van der Waals surface area contributed by atoms with Gasteiger partial charge in [-0.25, -0.2) is 4.79 Å². The van der Waals surface area contributed by atoms with Crippen LogP contribution in [-0.4, -0.2) is 12.1 Å². The third-order valence-electron chi connectivity index (χ3n) is 7.93. The second kappa shape index (κ2) is 14.6. The van der Waals surface area contributed by atoms with Crippen LogP contribution in [0.3, 0.4) is 0 Å². The fourth-order valence-electron chi connectivity index (χ4n) is 5.15. The number of hydrogen-bond donors (Lipinski definition) is 2. The fraction of sp³-hybridized carbons (Fsp3) is 0.0732. The molecule has 0 aliphatic heterocycles. The van der Waals surface area contributed by atoms with E-state index >= 15 is 0 Å². The Morgan fingerprint density at radius 2 is 0.816 bits per heavy atom. The number of nitrogens with one attached hydrogen (secondary N) is 2. The average molecular weight is 653 g/mol. The van der Waals surface area contributed by atoms with E-state index in [0.29, 0.717) is 45.7 Å². The molecule has 0 aliphatic rings. The highest BCUT2D eigenvalue weighted by Crippen LogP contribution is 2.35. The number of para-hydroxylation sites is 1. The van der Waals surface area contributed by atoms with Crippen LogP contribution in [0.2, 0.25) is 0 Å². The van der Waals surface area contributed by atoms with E-state index < -0.39 is 6.16 Å². The van der Waals surface area contributed by atoms with Crippen molar-refractivity contribution in [1.82, 2.24) is 0 Å². The van der Waals surface area contributed by atoms with E-state index in [-0.39, 0.29) is 11.3 Å². The van der Waals surface area contributed by atoms with Crippen molar-refractivity contribution in [3.8, 4) is 34.5 Å². The van der Waals surface area contributed by atoms with Gasteiger partial charge in [0.05, 0.1) is 0 Å². The molecule has 0 bridgehead atoms. The van der Waals surface area contributed by atoms with E-state index in [1.807, 2.05) is 91.0 Å². The Morgan fingerprint density at radius 1 is 0.469 bits per heavy atom. The zero-order chi connectivity index (χ0) is 34.2. The predicted molar refractivity (Wildman–Crippen MR) is 189 cm³/mol. The molecule has 6 aromatic rings. The van der Waals surface area contributed by atoms with Crippen molar-refractivity contribution in [2.75, 3.05) is 10.6 Å². The summed E-state index contributed by atoms with van der Waals surface area (Å²) in [5.74, 6) is 3.71. The zero-order valence-electron chi connectivity index (χ0n) is 26.9. The molecular weight excluding hydrogens is 619 g/mol. The van der Waals surface area contributed by atoms with E-state index in [1.165, 1.54) is 0 Å². The smallest absolute Gasteiger partial charge is 0.401 e. The fourth-order valence-corrected chi connectivity index (χ4v) is 5.15. The van der Waals surface area contributed by atoms with Crippen LogP contribution >= 0.6 is 0 Å². The standard InChI is InChI=1S/C41H33FN2O5/c1-41(2,30-12-22-36(23-13-30)49-38-26-16-32(17-27-38)44-40(42)46)29-10-20-35(21-11-29)48-37-24-14-31(15-25-37)43-39(45)28-8-18-34(19-9-28)47-33-6-4-3-5-7-33/h3-27H,1-2H3,(H,43,45)(H,44,46). The first kappa shape index (κ1) is 32.5. The molecule has 6 rings (SSSR count). The highest BCUT2D eigenvalue weighted by atomic mass is 19.1. The lowest BCUT2D eigenvalue weighted by atomic mass is 9.78. The summed E-state index contributed by atoms with van der Waals surface area (Å²) in [5, 5.41) is 5.00. The summed E-state index contributed by atoms with van der Waals surface area (Å²) >= 11 is 0. The number of benzene rings is 6. The van der Waals surface area contributed by atoms with Crippen molar-refractivity contribution in [2.24, 2.45) is 0 Å². The topological polar surface area (TPSA) is 85.9 Å². The van der Waals surface area contributed by atoms with Gasteiger partial charge in [0.25, 0.3) is 5.91 Å². The van der Waals surface area contributed by atoms with Crippen LogP contribution in [0.1, 0.15) is 35.3 Å². The molecule has 0 aromatic heterocycles. The van der Waals surface area contributed by atoms with Crippen LogP contribution in [0, 0.1) is 0 Å². The molecule has 0 saturated heterocycles. The molecule has 2 N–H and O–H groups in total. The van der Waals surface area contributed by atoms with Crippen molar-refractivity contribution in [3.63, 3.8) is 0 Å². The molecular formula is C41H33FN2O5. The Morgan fingerprint density at radius 3 is 1.22 bits per heavy atom. The second-order valence-electron chi connectivity index (χ2n) is 11.7. The summed E-state index contributed by atoms with van der Waals surface area (Å²) in [7, 11) is 0. The zero-order valence-corrected chi connectivity index (χ0v) is 26.9. The van der Waals surface area contributed by atoms with Gasteiger partial charge >= 0.3 is 6.16 Å². The van der Waals surface area contributed by atoms with Gasteiger partial charge in [-0.1, -0.05) is 56.3 Å². The molecule has 244 valence electrons. The second-order valence-corrected chi connectivity index (χ2v) is 11.7. The number of hydrogen-bond acceptors (Lipinski definition) is 5. The number of anilines is 2.